The van der Waals surface area contributed by atoms with E-state index < -0.39 is 0 Å². The summed E-state index contributed by atoms with van der Waals surface area (Å²) in [5, 5.41) is 5.93. The van der Waals surface area contributed by atoms with Crippen LogP contribution in [0.3, 0.4) is 0 Å². The Kier molecular flexibility index (Phi) is 7.70. The molecule has 1 saturated heterocycles. The van der Waals surface area contributed by atoms with Gasteiger partial charge in [0.25, 0.3) is 0 Å². The second-order valence-corrected chi connectivity index (χ2v) is 3.80. The first kappa shape index (κ1) is 14.2. The number of amides is 2. The van der Waals surface area contributed by atoms with Crippen LogP contribution in [0.5, 0.6) is 0 Å². The maximum atomic E-state index is 11.2. The number of likely N-dealkylation sites (N-methyl/N-ethyl adjacent to an activating group) is 1. The molecule has 0 unspecified atom stereocenters. The monoisotopic (exact) mass is 245 g/mol. The van der Waals surface area contributed by atoms with Crippen molar-refractivity contribution in [3.8, 4) is 0 Å². The van der Waals surface area contributed by atoms with Gasteiger partial charge in [-0.1, -0.05) is 6.92 Å². The van der Waals surface area contributed by atoms with Gasteiger partial charge in [-0.15, -0.1) is 0 Å². The Morgan fingerprint density at radius 2 is 2.06 bits per heavy atom. The quantitative estimate of drug-likeness (QED) is 0.517. The van der Waals surface area contributed by atoms with Gasteiger partial charge in [0.2, 0.25) is 0 Å². The smallest absolute Gasteiger partial charge is 0.317 e. The molecule has 0 bridgehead atoms. The second kappa shape index (κ2) is 9.21. The summed E-state index contributed by atoms with van der Waals surface area (Å²) in [6.45, 7) is 8.58. The molecule has 0 radical (unpaired) electrons. The third kappa shape index (κ3) is 6.45. The number of ether oxygens (including phenoxy) is 2. The molecule has 17 heavy (non-hydrogen) atoms. The lowest BCUT2D eigenvalue weighted by Gasteiger charge is -2.13. The lowest BCUT2D eigenvalue weighted by molar-refractivity contribution is 0.0441. The molecule has 0 aromatic carbocycles. The van der Waals surface area contributed by atoms with E-state index in [0.717, 1.165) is 26.2 Å². The van der Waals surface area contributed by atoms with Crippen molar-refractivity contribution in [3.05, 3.63) is 0 Å². The molecule has 100 valence electrons. The summed E-state index contributed by atoms with van der Waals surface area (Å²) in [6, 6.07) is 0.00971. The number of hydrogen-bond donors (Lipinski definition) is 2. The lowest BCUT2D eigenvalue weighted by Crippen LogP contribution is -2.31. The van der Waals surface area contributed by atoms with Crippen molar-refractivity contribution in [1.29, 1.82) is 0 Å². The minimum Gasteiger partial charge on any atom is -0.378 e. The molecule has 2 amide bonds. The van der Waals surface area contributed by atoms with Crippen molar-refractivity contribution in [2.24, 2.45) is 0 Å². The molecule has 1 aliphatic rings. The fourth-order valence-electron chi connectivity index (χ4n) is 1.54. The van der Waals surface area contributed by atoms with Crippen molar-refractivity contribution < 1.29 is 14.3 Å². The van der Waals surface area contributed by atoms with Gasteiger partial charge in [0.1, 0.15) is 0 Å². The summed E-state index contributed by atoms with van der Waals surface area (Å²) >= 11 is 0. The van der Waals surface area contributed by atoms with E-state index >= 15 is 0 Å². The van der Waals surface area contributed by atoms with Crippen LogP contribution in [0.2, 0.25) is 0 Å². The lowest BCUT2D eigenvalue weighted by atomic mass is 10.5. The molecule has 0 aliphatic carbocycles. The first-order valence-electron chi connectivity index (χ1n) is 6.23. The van der Waals surface area contributed by atoms with Crippen LogP contribution in [0.15, 0.2) is 0 Å². The molecule has 6 heteroatoms. The molecule has 1 aliphatic heterocycles. The van der Waals surface area contributed by atoms with E-state index in [9.17, 15) is 4.79 Å². The van der Waals surface area contributed by atoms with Crippen molar-refractivity contribution in [2.45, 2.75) is 6.92 Å². The Morgan fingerprint density at radius 3 is 2.71 bits per heavy atom. The summed E-state index contributed by atoms with van der Waals surface area (Å²) in [6.07, 6.45) is 0. The average Bonchev–Trinajstić information content (AvgIpc) is 2.73. The maximum Gasteiger partial charge on any atom is 0.317 e. The first-order valence-corrected chi connectivity index (χ1v) is 6.23. The fourth-order valence-corrected chi connectivity index (χ4v) is 1.54. The number of hydrogen-bond acceptors (Lipinski definition) is 4. The molecule has 1 rings (SSSR count). The Morgan fingerprint density at radius 1 is 1.29 bits per heavy atom. The molecule has 0 aromatic rings. The van der Waals surface area contributed by atoms with Crippen molar-refractivity contribution in [3.63, 3.8) is 0 Å². The Hall–Kier alpha value is -0.850. The molecule has 2 N–H and O–H groups in total. The highest BCUT2D eigenvalue weighted by Crippen LogP contribution is 1.95. The molecule has 0 aromatic heterocycles. The molecule has 1 heterocycles. The fraction of sp³-hybridized carbons (Fsp3) is 0.909. The standard InChI is InChI=1S/C11H23N3O3/c1-2-12-4-7-16-9-10-17-8-6-14-5-3-13-11(14)15/h12H,2-10H2,1H3,(H,13,15). The van der Waals surface area contributed by atoms with Gasteiger partial charge >= 0.3 is 6.03 Å². The average molecular weight is 245 g/mol. The van der Waals surface area contributed by atoms with Gasteiger partial charge in [-0.2, -0.15) is 0 Å². The predicted molar refractivity (Wildman–Crippen MR) is 65.2 cm³/mol. The molecular formula is C11H23N3O3. The van der Waals surface area contributed by atoms with E-state index in [4.69, 9.17) is 9.47 Å². The van der Waals surface area contributed by atoms with Crippen LogP contribution in [0.4, 0.5) is 4.79 Å². The van der Waals surface area contributed by atoms with Crippen molar-refractivity contribution >= 4 is 6.03 Å². The third-order valence-corrected chi connectivity index (χ3v) is 2.50. The Balaban J connectivity index is 1.80. The van der Waals surface area contributed by atoms with Crippen LogP contribution in [0.25, 0.3) is 0 Å². The molecule has 0 spiro atoms. The summed E-state index contributed by atoms with van der Waals surface area (Å²) < 4.78 is 10.7. The molecule has 6 nitrogen and oxygen atoms in total. The zero-order chi connectivity index (χ0) is 12.3. The highest BCUT2D eigenvalue weighted by molar-refractivity contribution is 5.76. The van der Waals surface area contributed by atoms with Gasteiger partial charge in [0.05, 0.1) is 26.4 Å². The summed E-state index contributed by atoms with van der Waals surface area (Å²) in [4.78, 5) is 12.9. The zero-order valence-corrected chi connectivity index (χ0v) is 10.5. The van der Waals surface area contributed by atoms with Crippen LogP contribution in [-0.2, 0) is 9.47 Å². The van der Waals surface area contributed by atoms with Gasteiger partial charge < -0.3 is 25.0 Å². The Labute approximate surface area is 103 Å². The summed E-state index contributed by atoms with van der Waals surface area (Å²) in [5.74, 6) is 0. The van der Waals surface area contributed by atoms with Gasteiger partial charge in [-0.05, 0) is 6.54 Å². The van der Waals surface area contributed by atoms with Gasteiger partial charge in [-0.25, -0.2) is 4.79 Å². The number of nitrogens with one attached hydrogen (secondary N) is 2. The first-order chi connectivity index (χ1) is 8.34. The molecule has 0 saturated carbocycles. The van der Waals surface area contributed by atoms with Gasteiger partial charge in [-0.3, -0.25) is 0 Å². The number of carbonyl (C=O) groups is 1. The van der Waals surface area contributed by atoms with Crippen LogP contribution >= 0.6 is 0 Å². The Bertz CT molecular complexity index is 214. The van der Waals surface area contributed by atoms with Crippen molar-refractivity contribution in [2.75, 3.05) is 59.2 Å². The van der Waals surface area contributed by atoms with Gasteiger partial charge in [0, 0.05) is 26.2 Å². The normalized spacial score (nSPS) is 15.4. The molecule has 0 atom stereocenters. The number of nitrogens with zero attached hydrogens (tertiary/aromatic N) is 1. The zero-order valence-electron chi connectivity index (χ0n) is 10.5. The second-order valence-electron chi connectivity index (χ2n) is 3.80. The van der Waals surface area contributed by atoms with E-state index in [1.807, 2.05) is 0 Å². The minimum atomic E-state index is 0.00971. The summed E-state index contributed by atoms with van der Waals surface area (Å²) in [7, 11) is 0. The van der Waals surface area contributed by atoms with Crippen LogP contribution in [0.1, 0.15) is 6.92 Å². The highest BCUT2D eigenvalue weighted by atomic mass is 16.5. The largest absolute Gasteiger partial charge is 0.378 e. The van der Waals surface area contributed by atoms with Crippen LogP contribution < -0.4 is 10.6 Å². The van der Waals surface area contributed by atoms with Crippen molar-refractivity contribution in [1.82, 2.24) is 15.5 Å². The van der Waals surface area contributed by atoms with E-state index in [-0.39, 0.29) is 6.03 Å². The predicted octanol–water partition coefficient (Wildman–Crippen LogP) is -0.346. The maximum absolute atomic E-state index is 11.2. The topological polar surface area (TPSA) is 62.8 Å². The molecular weight excluding hydrogens is 222 g/mol. The van der Waals surface area contributed by atoms with Crippen LogP contribution in [0, 0.1) is 0 Å². The van der Waals surface area contributed by atoms with Crippen LogP contribution in [-0.4, -0.2) is 70.1 Å². The summed E-state index contributed by atoms with van der Waals surface area (Å²) in [5.41, 5.74) is 0. The van der Waals surface area contributed by atoms with E-state index in [0.29, 0.717) is 33.0 Å². The highest BCUT2D eigenvalue weighted by Gasteiger charge is 2.18. The molecule has 1 fully saturated rings. The number of rotatable bonds is 10. The van der Waals surface area contributed by atoms with E-state index in [1.54, 1.807) is 4.90 Å². The number of carbonyl (C=O) groups excluding carboxylic acids is 1. The van der Waals surface area contributed by atoms with Gasteiger partial charge in [0.15, 0.2) is 0 Å². The van der Waals surface area contributed by atoms with E-state index in [1.165, 1.54) is 0 Å². The number of urea groups is 1. The SMILES string of the molecule is CCNCCOCCOCCN1CCNC1=O. The third-order valence-electron chi connectivity index (χ3n) is 2.50. The van der Waals surface area contributed by atoms with E-state index in [2.05, 4.69) is 17.6 Å². The minimum absolute atomic E-state index is 0.00971.